The van der Waals surface area contributed by atoms with Gasteiger partial charge in [-0.3, -0.25) is 0 Å². The molecule has 4 atom stereocenters. The summed E-state index contributed by atoms with van der Waals surface area (Å²) >= 11 is 0. The van der Waals surface area contributed by atoms with Crippen LogP contribution < -0.4 is 5.32 Å². The van der Waals surface area contributed by atoms with Crippen LogP contribution in [0.5, 0.6) is 0 Å². The number of ether oxygens (including phenoxy) is 1. The third-order valence-electron chi connectivity index (χ3n) is 3.88. The van der Waals surface area contributed by atoms with Gasteiger partial charge >= 0.3 is 0 Å². The van der Waals surface area contributed by atoms with E-state index in [0.29, 0.717) is 0 Å². The predicted octanol–water partition coefficient (Wildman–Crippen LogP) is 1.06. The quantitative estimate of drug-likeness (QED) is 0.698. The van der Waals surface area contributed by atoms with Crippen LogP contribution in [-0.4, -0.2) is 35.5 Å². The van der Waals surface area contributed by atoms with Crippen LogP contribution in [0.2, 0.25) is 0 Å². The van der Waals surface area contributed by atoms with Gasteiger partial charge in [-0.15, -0.1) is 0 Å². The van der Waals surface area contributed by atoms with Gasteiger partial charge in [-0.2, -0.15) is 0 Å². The summed E-state index contributed by atoms with van der Waals surface area (Å²) in [5.74, 6) is 0. The van der Waals surface area contributed by atoms with E-state index in [0.717, 1.165) is 32.3 Å². The molecule has 3 nitrogen and oxygen atoms in total. The molecule has 2 rings (SSSR count). The van der Waals surface area contributed by atoms with Gasteiger partial charge in [-0.05, 0) is 39.5 Å². The van der Waals surface area contributed by atoms with Crippen molar-refractivity contribution >= 4 is 0 Å². The Morgan fingerprint density at radius 3 is 2.71 bits per heavy atom. The average molecular weight is 199 g/mol. The summed E-state index contributed by atoms with van der Waals surface area (Å²) in [4.78, 5) is 0. The Morgan fingerprint density at radius 2 is 2.21 bits per heavy atom. The molecular formula is C11H21NO2. The highest BCUT2D eigenvalue weighted by Gasteiger charge is 2.40. The third kappa shape index (κ3) is 1.81. The second-order valence-electron chi connectivity index (χ2n) is 4.93. The minimum absolute atomic E-state index is 0.0655. The van der Waals surface area contributed by atoms with Crippen LogP contribution in [0, 0.1) is 0 Å². The minimum atomic E-state index is -0.153. The van der Waals surface area contributed by atoms with E-state index in [2.05, 4.69) is 19.2 Å². The van der Waals surface area contributed by atoms with E-state index in [4.69, 9.17) is 4.74 Å². The number of aliphatic hydroxyl groups is 1. The molecular weight excluding hydrogens is 178 g/mol. The summed E-state index contributed by atoms with van der Waals surface area (Å²) in [5.41, 5.74) is 0.0655. The maximum atomic E-state index is 9.75. The molecule has 14 heavy (non-hydrogen) atoms. The molecule has 1 saturated heterocycles. The van der Waals surface area contributed by atoms with Crippen molar-refractivity contribution in [1.82, 2.24) is 5.32 Å². The van der Waals surface area contributed by atoms with Crippen LogP contribution in [0.1, 0.15) is 39.5 Å². The van der Waals surface area contributed by atoms with E-state index in [1.807, 2.05) is 0 Å². The van der Waals surface area contributed by atoms with Gasteiger partial charge in [-0.1, -0.05) is 0 Å². The lowest BCUT2D eigenvalue weighted by Crippen LogP contribution is -2.54. The van der Waals surface area contributed by atoms with E-state index in [-0.39, 0.29) is 23.8 Å². The van der Waals surface area contributed by atoms with Crippen molar-refractivity contribution in [3.8, 4) is 0 Å². The second-order valence-corrected chi connectivity index (χ2v) is 4.93. The summed E-state index contributed by atoms with van der Waals surface area (Å²) in [7, 11) is 0. The van der Waals surface area contributed by atoms with Gasteiger partial charge in [0.05, 0.1) is 12.2 Å². The fourth-order valence-electron chi connectivity index (χ4n) is 2.56. The first-order valence-corrected chi connectivity index (χ1v) is 5.69. The number of hydrogen-bond donors (Lipinski definition) is 2. The molecule has 1 heterocycles. The number of nitrogens with one attached hydrogen (secondary N) is 1. The molecule has 0 aromatic carbocycles. The van der Waals surface area contributed by atoms with Gasteiger partial charge in [0.1, 0.15) is 0 Å². The van der Waals surface area contributed by atoms with Crippen molar-refractivity contribution < 1.29 is 9.84 Å². The molecule has 0 bridgehead atoms. The van der Waals surface area contributed by atoms with Gasteiger partial charge < -0.3 is 15.2 Å². The molecule has 0 radical (unpaired) electrons. The van der Waals surface area contributed by atoms with Crippen molar-refractivity contribution in [2.75, 3.05) is 6.61 Å². The highest BCUT2D eigenvalue weighted by Crippen LogP contribution is 2.29. The number of hydrogen-bond acceptors (Lipinski definition) is 3. The average Bonchev–Trinajstić information content (AvgIpc) is 2.64. The highest BCUT2D eigenvalue weighted by atomic mass is 16.5. The van der Waals surface area contributed by atoms with Crippen molar-refractivity contribution in [3.63, 3.8) is 0 Å². The van der Waals surface area contributed by atoms with Crippen LogP contribution in [-0.2, 0) is 4.74 Å². The zero-order valence-electron chi connectivity index (χ0n) is 9.12. The van der Waals surface area contributed by atoms with Crippen LogP contribution in [0.4, 0.5) is 0 Å². The Morgan fingerprint density at radius 1 is 1.43 bits per heavy atom. The van der Waals surface area contributed by atoms with E-state index < -0.39 is 0 Å². The zero-order valence-corrected chi connectivity index (χ0v) is 9.12. The zero-order chi connectivity index (χ0) is 10.2. The molecule has 0 amide bonds. The van der Waals surface area contributed by atoms with Crippen LogP contribution >= 0.6 is 0 Å². The van der Waals surface area contributed by atoms with Gasteiger partial charge in [0, 0.05) is 18.2 Å². The molecule has 3 heteroatoms. The molecule has 82 valence electrons. The monoisotopic (exact) mass is 199 g/mol. The molecule has 2 unspecified atom stereocenters. The lowest BCUT2D eigenvalue weighted by Gasteiger charge is -2.33. The Labute approximate surface area is 85.8 Å². The lowest BCUT2D eigenvalue weighted by atomic mass is 9.93. The highest BCUT2D eigenvalue weighted by molar-refractivity contribution is 4.98. The van der Waals surface area contributed by atoms with Gasteiger partial charge in [0.2, 0.25) is 0 Å². The smallest absolute Gasteiger partial charge is 0.0726 e. The van der Waals surface area contributed by atoms with E-state index in [1.54, 1.807) is 0 Å². The van der Waals surface area contributed by atoms with Crippen molar-refractivity contribution in [1.29, 1.82) is 0 Å². The molecule has 2 fully saturated rings. The second kappa shape index (κ2) is 3.80. The third-order valence-corrected chi connectivity index (χ3v) is 3.88. The van der Waals surface area contributed by atoms with Crippen molar-refractivity contribution in [2.24, 2.45) is 0 Å². The Kier molecular flexibility index (Phi) is 2.82. The molecule has 1 saturated carbocycles. The Balaban J connectivity index is 1.95. The van der Waals surface area contributed by atoms with Crippen LogP contribution in [0.15, 0.2) is 0 Å². The molecule has 1 aliphatic heterocycles. The summed E-state index contributed by atoms with van der Waals surface area (Å²) in [6.45, 7) is 5.16. The Hall–Kier alpha value is -0.120. The Bertz CT molecular complexity index is 209. The summed E-state index contributed by atoms with van der Waals surface area (Å²) in [5, 5.41) is 13.3. The van der Waals surface area contributed by atoms with E-state index in [9.17, 15) is 5.11 Å². The van der Waals surface area contributed by atoms with Crippen molar-refractivity contribution in [3.05, 3.63) is 0 Å². The molecule has 2 aliphatic rings. The molecule has 0 spiro atoms. The van der Waals surface area contributed by atoms with Crippen LogP contribution in [0.3, 0.4) is 0 Å². The maximum Gasteiger partial charge on any atom is 0.0726 e. The minimum Gasteiger partial charge on any atom is -0.392 e. The maximum absolute atomic E-state index is 9.75. The first-order chi connectivity index (χ1) is 6.62. The summed E-state index contributed by atoms with van der Waals surface area (Å²) in [6, 6.07) is 0.282. The fraction of sp³-hybridized carbons (Fsp3) is 1.00. The lowest BCUT2D eigenvalue weighted by molar-refractivity contribution is 0.0695. The van der Waals surface area contributed by atoms with Gasteiger partial charge in [0.25, 0.3) is 0 Å². The standard InChI is InChI=1S/C11H21NO2/c1-8-11(2,6-7-14-8)12-9-4-3-5-10(9)13/h8-10,12-13H,3-7H2,1-2H3/t8?,9-,10-,11?/m0/s1. The number of rotatable bonds is 2. The van der Waals surface area contributed by atoms with Gasteiger partial charge in [0.15, 0.2) is 0 Å². The molecule has 0 aromatic heterocycles. The first kappa shape index (κ1) is 10.4. The normalized spacial score (nSPS) is 48.6. The number of aliphatic hydroxyl groups excluding tert-OH is 1. The summed E-state index contributed by atoms with van der Waals surface area (Å²) in [6.07, 6.45) is 4.35. The summed E-state index contributed by atoms with van der Waals surface area (Å²) < 4.78 is 5.57. The van der Waals surface area contributed by atoms with E-state index in [1.165, 1.54) is 0 Å². The van der Waals surface area contributed by atoms with E-state index >= 15 is 0 Å². The SMILES string of the molecule is CC1OCCC1(C)N[C@H]1CCC[C@@H]1O. The first-order valence-electron chi connectivity index (χ1n) is 5.69. The molecule has 1 aliphatic carbocycles. The topological polar surface area (TPSA) is 41.5 Å². The largest absolute Gasteiger partial charge is 0.392 e. The molecule has 0 aromatic rings. The van der Waals surface area contributed by atoms with Crippen LogP contribution in [0.25, 0.3) is 0 Å². The van der Waals surface area contributed by atoms with Gasteiger partial charge in [-0.25, -0.2) is 0 Å². The van der Waals surface area contributed by atoms with Crippen molar-refractivity contribution in [2.45, 2.75) is 63.3 Å². The predicted molar refractivity (Wildman–Crippen MR) is 55.2 cm³/mol. The molecule has 2 N–H and O–H groups in total. The fourth-order valence-corrected chi connectivity index (χ4v) is 2.56.